The molecule has 2 rings (SSSR count). The largest absolute Gasteiger partial charge is 0.369 e. The van der Waals surface area contributed by atoms with Crippen LogP contribution >= 0.6 is 0 Å². The number of amides is 2. The summed E-state index contributed by atoms with van der Waals surface area (Å²) in [5.74, 6) is -0.350. The molecule has 1 saturated heterocycles. The molecule has 1 fully saturated rings. The molecule has 144 valence electrons. The number of nitrogens with one attached hydrogen (secondary N) is 2. The number of hydrogen-bond acceptors (Lipinski definition) is 4. The van der Waals surface area contributed by atoms with E-state index in [4.69, 9.17) is 0 Å². The zero-order valence-electron chi connectivity index (χ0n) is 16.7. The summed E-state index contributed by atoms with van der Waals surface area (Å²) in [4.78, 5) is 28.8. The summed E-state index contributed by atoms with van der Waals surface area (Å²) in [6.07, 6.45) is 0. The minimum Gasteiger partial charge on any atom is -0.369 e. The SMILES string of the molecule is CCN1CCN(c2ccc(NC(=O)CNC(=O)C(C)(C)C)cc2C)CC1. The Labute approximate surface area is 156 Å². The molecule has 2 N–H and O–H groups in total. The highest BCUT2D eigenvalue weighted by Crippen LogP contribution is 2.24. The van der Waals surface area contributed by atoms with Gasteiger partial charge < -0.3 is 20.4 Å². The number of rotatable bonds is 5. The third-order valence-electron chi connectivity index (χ3n) is 4.73. The van der Waals surface area contributed by atoms with Gasteiger partial charge in [0.2, 0.25) is 11.8 Å². The number of piperazine rings is 1. The average Bonchev–Trinajstić information content (AvgIpc) is 2.59. The molecule has 0 atom stereocenters. The molecular formula is C20H32N4O2. The molecule has 0 radical (unpaired) electrons. The van der Waals surface area contributed by atoms with Gasteiger partial charge in [0.1, 0.15) is 0 Å². The Morgan fingerprint density at radius 1 is 1.12 bits per heavy atom. The van der Waals surface area contributed by atoms with Gasteiger partial charge in [0.25, 0.3) is 0 Å². The van der Waals surface area contributed by atoms with Crippen molar-refractivity contribution >= 4 is 23.2 Å². The second-order valence-corrected chi connectivity index (χ2v) is 7.90. The maximum Gasteiger partial charge on any atom is 0.243 e. The molecule has 1 aromatic carbocycles. The van der Waals surface area contributed by atoms with Crippen LogP contribution in [-0.4, -0.2) is 56.0 Å². The minimum atomic E-state index is -0.500. The summed E-state index contributed by atoms with van der Waals surface area (Å²) >= 11 is 0. The number of aryl methyl sites for hydroxylation is 1. The van der Waals surface area contributed by atoms with Crippen LogP contribution in [-0.2, 0) is 9.59 Å². The Kier molecular flexibility index (Phi) is 6.64. The standard InChI is InChI=1S/C20H32N4O2/c1-6-23-9-11-24(12-10-23)17-8-7-16(13-15(17)2)22-18(25)14-21-19(26)20(3,4)5/h7-8,13H,6,9-12,14H2,1-5H3,(H,21,26)(H,22,25). The van der Waals surface area contributed by atoms with Crippen LogP contribution in [0.5, 0.6) is 0 Å². The quantitative estimate of drug-likeness (QED) is 0.845. The highest BCUT2D eigenvalue weighted by molar-refractivity contribution is 5.95. The van der Waals surface area contributed by atoms with Crippen molar-refractivity contribution in [2.45, 2.75) is 34.6 Å². The van der Waals surface area contributed by atoms with E-state index in [2.05, 4.69) is 40.3 Å². The molecule has 6 nitrogen and oxygen atoms in total. The highest BCUT2D eigenvalue weighted by Gasteiger charge is 2.21. The molecule has 0 saturated carbocycles. The van der Waals surface area contributed by atoms with Crippen molar-refractivity contribution in [3.8, 4) is 0 Å². The first-order valence-corrected chi connectivity index (χ1v) is 9.37. The zero-order valence-corrected chi connectivity index (χ0v) is 16.7. The predicted molar refractivity (Wildman–Crippen MR) is 107 cm³/mol. The van der Waals surface area contributed by atoms with Crippen LogP contribution in [0.1, 0.15) is 33.3 Å². The van der Waals surface area contributed by atoms with Crippen LogP contribution in [0.25, 0.3) is 0 Å². The van der Waals surface area contributed by atoms with Crippen LogP contribution in [0.3, 0.4) is 0 Å². The Bertz CT molecular complexity index is 644. The summed E-state index contributed by atoms with van der Waals surface area (Å²) in [5.41, 5.74) is 2.63. The smallest absolute Gasteiger partial charge is 0.243 e. The molecule has 6 heteroatoms. The van der Waals surface area contributed by atoms with Gasteiger partial charge in [0, 0.05) is 43.0 Å². The molecular weight excluding hydrogens is 328 g/mol. The molecule has 1 aliphatic heterocycles. The second kappa shape index (κ2) is 8.54. The van der Waals surface area contributed by atoms with E-state index < -0.39 is 5.41 Å². The van der Waals surface area contributed by atoms with E-state index in [1.807, 2.05) is 32.9 Å². The summed E-state index contributed by atoms with van der Waals surface area (Å²) in [7, 11) is 0. The predicted octanol–water partition coefficient (Wildman–Crippen LogP) is 2.24. The lowest BCUT2D eigenvalue weighted by Gasteiger charge is -2.36. The number of carbonyl (C=O) groups excluding carboxylic acids is 2. The first-order chi connectivity index (χ1) is 12.2. The zero-order chi connectivity index (χ0) is 19.3. The lowest BCUT2D eigenvalue weighted by Crippen LogP contribution is -2.46. The third kappa shape index (κ3) is 5.46. The number of likely N-dealkylation sites (N-methyl/N-ethyl adjacent to an activating group) is 1. The van der Waals surface area contributed by atoms with Crippen LogP contribution in [0.4, 0.5) is 11.4 Å². The number of nitrogens with zero attached hydrogens (tertiary/aromatic N) is 2. The molecule has 2 amide bonds. The van der Waals surface area contributed by atoms with Crippen LogP contribution in [0.2, 0.25) is 0 Å². The van der Waals surface area contributed by atoms with Gasteiger partial charge in [-0.3, -0.25) is 9.59 Å². The van der Waals surface area contributed by atoms with Crippen LogP contribution in [0, 0.1) is 12.3 Å². The first-order valence-electron chi connectivity index (χ1n) is 9.37. The van der Waals surface area contributed by atoms with Gasteiger partial charge in [0.15, 0.2) is 0 Å². The summed E-state index contributed by atoms with van der Waals surface area (Å²) in [5, 5.41) is 5.52. The third-order valence-corrected chi connectivity index (χ3v) is 4.73. The fourth-order valence-electron chi connectivity index (χ4n) is 3.02. The summed E-state index contributed by atoms with van der Waals surface area (Å²) < 4.78 is 0. The lowest BCUT2D eigenvalue weighted by molar-refractivity contribution is -0.130. The molecule has 1 heterocycles. The van der Waals surface area contributed by atoms with Gasteiger partial charge in [-0.25, -0.2) is 0 Å². The molecule has 0 bridgehead atoms. The topological polar surface area (TPSA) is 64.7 Å². The number of carbonyl (C=O) groups is 2. The Morgan fingerprint density at radius 2 is 1.77 bits per heavy atom. The van der Waals surface area contributed by atoms with Crippen molar-refractivity contribution in [3.63, 3.8) is 0 Å². The Balaban J connectivity index is 1.91. The van der Waals surface area contributed by atoms with Gasteiger partial charge in [-0.1, -0.05) is 27.7 Å². The molecule has 0 spiro atoms. The van der Waals surface area contributed by atoms with E-state index in [0.29, 0.717) is 0 Å². The highest BCUT2D eigenvalue weighted by atomic mass is 16.2. The first kappa shape index (κ1) is 20.2. The van der Waals surface area contributed by atoms with E-state index in [9.17, 15) is 9.59 Å². The van der Waals surface area contributed by atoms with Gasteiger partial charge in [-0.05, 0) is 37.2 Å². The van der Waals surface area contributed by atoms with E-state index in [1.54, 1.807) is 0 Å². The normalized spacial score (nSPS) is 15.7. The van der Waals surface area contributed by atoms with Crippen molar-refractivity contribution in [2.75, 3.05) is 49.5 Å². The molecule has 1 aromatic rings. The van der Waals surface area contributed by atoms with Gasteiger partial charge in [-0.2, -0.15) is 0 Å². The van der Waals surface area contributed by atoms with Crippen molar-refractivity contribution in [3.05, 3.63) is 23.8 Å². The monoisotopic (exact) mass is 360 g/mol. The molecule has 0 aromatic heterocycles. The van der Waals surface area contributed by atoms with Crippen molar-refractivity contribution in [1.29, 1.82) is 0 Å². The van der Waals surface area contributed by atoms with Gasteiger partial charge in [-0.15, -0.1) is 0 Å². The fraction of sp³-hybridized carbons (Fsp3) is 0.600. The Morgan fingerprint density at radius 3 is 2.31 bits per heavy atom. The van der Waals surface area contributed by atoms with E-state index in [0.717, 1.165) is 44.0 Å². The average molecular weight is 361 g/mol. The fourth-order valence-corrected chi connectivity index (χ4v) is 3.02. The summed E-state index contributed by atoms with van der Waals surface area (Å²) in [6.45, 7) is 15.0. The number of hydrogen-bond donors (Lipinski definition) is 2. The van der Waals surface area contributed by atoms with Gasteiger partial charge in [0.05, 0.1) is 6.54 Å². The van der Waals surface area contributed by atoms with Crippen LogP contribution in [0.15, 0.2) is 18.2 Å². The maximum absolute atomic E-state index is 12.1. The maximum atomic E-state index is 12.1. The molecule has 1 aliphatic rings. The summed E-state index contributed by atoms with van der Waals surface area (Å²) in [6, 6.07) is 5.99. The van der Waals surface area contributed by atoms with Crippen molar-refractivity contribution in [2.24, 2.45) is 5.41 Å². The van der Waals surface area contributed by atoms with Crippen LogP contribution < -0.4 is 15.5 Å². The minimum absolute atomic E-state index is 0.0180. The van der Waals surface area contributed by atoms with Gasteiger partial charge >= 0.3 is 0 Å². The van der Waals surface area contributed by atoms with E-state index in [-0.39, 0.29) is 18.4 Å². The lowest BCUT2D eigenvalue weighted by atomic mass is 9.96. The number of anilines is 2. The van der Waals surface area contributed by atoms with Crippen molar-refractivity contribution < 1.29 is 9.59 Å². The van der Waals surface area contributed by atoms with E-state index >= 15 is 0 Å². The Hall–Kier alpha value is -2.08. The van der Waals surface area contributed by atoms with Crippen molar-refractivity contribution in [1.82, 2.24) is 10.2 Å². The number of benzene rings is 1. The second-order valence-electron chi connectivity index (χ2n) is 7.90. The molecule has 0 unspecified atom stereocenters. The molecule has 0 aliphatic carbocycles. The van der Waals surface area contributed by atoms with E-state index in [1.165, 1.54) is 5.69 Å². The molecule has 26 heavy (non-hydrogen) atoms.